The molecule has 23 nitrogen and oxygen atoms in total. The average molecular weight is 1850 g/mol. The molecule has 0 N–H and O–H groups in total. The fourth-order valence-electron chi connectivity index (χ4n) is 13.2. The van der Waals surface area contributed by atoms with Crippen molar-refractivity contribution in [3.8, 4) is 16.9 Å². The molecular weight excluding hydrogens is 1660 g/mol. The first-order valence-corrected chi connectivity index (χ1v) is 50.4. The second kappa shape index (κ2) is 73.8. The minimum absolute atomic E-state index is 0.00996. The van der Waals surface area contributed by atoms with Crippen LogP contribution in [0.3, 0.4) is 0 Å². The van der Waals surface area contributed by atoms with E-state index in [1.54, 1.807) is 6.20 Å². The fourth-order valence-corrected chi connectivity index (χ4v) is 13.2. The minimum atomic E-state index is -0.00996. The number of ketones is 6. The van der Waals surface area contributed by atoms with Gasteiger partial charge in [-0.05, 0) is 183 Å². The van der Waals surface area contributed by atoms with Gasteiger partial charge in [0.25, 0.3) is 0 Å². The number of carbonyl (C=O) groups is 6. The summed E-state index contributed by atoms with van der Waals surface area (Å²) in [6.07, 6.45) is 15.4. The summed E-state index contributed by atoms with van der Waals surface area (Å²) in [6.45, 7) is 78.3. The summed E-state index contributed by atoms with van der Waals surface area (Å²) < 4.78 is 66.4. The van der Waals surface area contributed by atoms with Crippen molar-refractivity contribution >= 4 is 40.5 Å². The molecule has 0 radical (unpaired) electrons. The molecule has 2 aromatic carbocycles. The molecule has 3 aromatic rings. The Morgan fingerprint density at radius 3 is 1.11 bits per heavy atom. The van der Waals surface area contributed by atoms with Gasteiger partial charge in [-0.2, -0.15) is 0 Å². The van der Waals surface area contributed by atoms with E-state index in [4.69, 9.17) is 56.8 Å². The topological polar surface area (TPSA) is 239 Å². The summed E-state index contributed by atoms with van der Waals surface area (Å²) in [6, 6.07) is 22.6. The Balaban J connectivity index is 0.000000771. The van der Waals surface area contributed by atoms with Gasteiger partial charge in [0.2, 0.25) is 0 Å². The van der Waals surface area contributed by atoms with E-state index < -0.39 is 0 Å². The molecule has 2 aliphatic heterocycles. The van der Waals surface area contributed by atoms with Crippen LogP contribution in [0.1, 0.15) is 275 Å². The predicted octanol–water partition coefficient (Wildman–Crippen LogP) is 20.5. The normalized spacial score (nSPS) is 16.9. The number of Topliss-reactive ketones (excluding diaryl/α,β-unsaturated/α-hetero) is 6. The number of anilines is 1. The predicted molar refractivity (Wildman–Crippen MR) is 536 cm³/mol. The Bertz CT molecular complexity index is 3290. The Morgan fingerprint density at radius 2 is 0.725 bits per heavy atom. The molecule has 756 valence electrons. The first-order chi connectivity index (χ1) is 62.0. The van der Waals surface area contributed by atoms with Crippen LogP contribution < -0.4 is 9.64 Å². The minimum Gasteiger partial charge on any atom is -0.491 e. The SMILES string of the molecule is CC(C)C(=O)COCCN1CCN(C(C)C)CC1.CC(C)C(=O)COCCN1CCN(c2ccc(C(=O)C(C)C)cn2)CC1.CC(C)C(=O)COCCOc1ccc(-c2ccccc2)cc1.CC(C)CCOCCCCOCC(=O)C(C)C.CC(C)CCOCCOCCC(C)C.CC(C)CCO[C@H](C)[C@@H](C)OCCC(C)C.CC(C)OC1CC2(CC(OCC(=O)C(C)C)C2)C1. The molecule has 0 unspecified atom stereocenters. The summed E-state index contributed by atoms with van der Waals surface area (Å²) in [5, 5.41) is 0. The van der Waals surface area contributed by atoms with Gasteiger partial charge in [-0.3, -0.25) is 43.5 Å². The van der Waals surface area contributed by atoms with Crippen molar-refractivity contribution in [1.29, 1.82) is 0 Å². The summed E-state index contributed by atoms with van der Waals surface area (Å²) in [5.41, 5.74) is 3.51. The summed E-state index contributed by atoms with van der Waals surface area (Å²) in [5.74, 6) is 6.61. The van der Waals surface area contributed by atoms with Crippen molar-refractivity contribution in [1.82, 2.24) is 19.7 Å². The van der Waals surface area contributed by atoms with Crippen LogP contribution in [0, 0.1) is 70.5 Å². The maximum Gasteiger partial charge on any atom is 0.166 e. The molecule has 2 saturated heterocycles. The van der Waals surface area contributed by atoms with E-state index in [0.717, 1.165) is 205 Å². The van der Waals surface area contributed by atoms with Crippen molar-refractivity contribution in [2.75, 3.05) is 189 Å². The molecule has 23 heteroatoms. The smallest absolute Gasteiger partial charge is 0.166 e. The zero-order valence-corrected chi connectivity index (χ0v) is 87.9. The second-order valence-electron chi connectivity index (χ2n) is 40.4. The Morgan fingerprint density at radius 1 is 0.359 bits per heavy atom. The number of nitrogens with zero attached hydrogens (tertiary/aromatic N) is 5. The quantitative estimate of drug-likeness (QED) is 0.0377. The number of carbonyl (C=O) groups excluding carboxylic acids is 6. The van der Waals surface area contributed by atoms with Crippen molar-refractivity contribution in [3.05, 3.63) is 78.5 Å². The third-order valence-electron chi connectivity index (χ3n) is 23.2. The number of hydrogen-bond acceptors (Lipinski definition) is 23. The summed E-state index contributed by atoms with van der Waals surface area (Å²) in [7, 11) is 0. The number of aromatic nitrogens is 1. The van der Waals surface area contributed by atoms with Crippen LogP contribution in [0.2, 0.25) is 0 Å². The fraction of sp³-hybridized carbons (Fsp3) is 0.787. The molecular formula is C108H191N5O18. The molecule has 2 saturated carbocycles. The van der Waals surface area contributed by atoms with Crippen LogP contribution in [0.25, 0.3) is 11.1 Å². The van der Waals surface area contributed by atoms with Gasteiger partial charge in [0, 0.05) is 165 Å². The molecule has 4 aliphatic rings. The summed E-state index contributed by atoms with van der Waals surface area (Å²) in [4.78, 5) is 82.9. The third kappa shape index (κ3) is 62.9. The molecule has 2 aliphatic carbocycles. The van der Waals surface area contributed by atoms with Gasteiger partial charge in [-0.25, -0.2) is 4.98 Å². The van der Waals surface area contributed by atoms with Crippen LogP contribution in [-0.4, -0.2) is 275 Å². The molecule has 2 atom stereocenters. The van der Waals surface area contributed by atoms with E-state index in [0.29, 0.717) is 92.7 Å². The highest BCUT2D eigenvalue weighted by molar-refractivity contribution is 5.97. The molecule has 1 spiro atoms. The van der Waals surface area contributed by atoms with Gasteiger partial charge >= 0.3 is 0 Å². The Kier molecular flexibility index (Phi) is 69.7. The lowest BCUT2D eigenvalue weighted by atomic mass is 9.53. The van der Waals surface area contributed by atoms with Gasteiger partial charge < -0.3 is 61.7 Å². The summed E-state index contributed by atoms with van der Waals surface area (Å²) >= 11 is 0. The molecule has 0 bridgehead atoms. The Labute approximate surface area is 797 Å². The van der Waals surface area contributed by atoms with Crippen molar-refractivity contribution in [3.63, 3.8) is 0 Å². The van der Waals surface area contributed by atoms with Crippen LogP contribution in [-0.2, 0) is 76.1 Å². The maximum absolute atomic E-state index is 12.0. The largest absolute Gasteiger partial charge is 0.491 e. The molecule has 4 fully saturated rings. The van der Waals surface area contributed by atoms with Gasteiger partial charge in [0.15, 0.2) is 34.7 Å². The van der Waals surface area contributed by atoms with Gasteiger partial charge in [0.05, 0.1) is 63.6 Å². The van der Waals surface area contributed by atoms with Crippen LogP contribution in [0.15, 0.2) is 72.9 Å². The maximum atomic E-state index is 12.0. The molecule has 131 heavy (non-hydrogen) atoms. The number of hydrogen-bond donors (Lipinski definition) is 0. The van der Waals surface area contributed by atoms with E-state index >= 15 is 0 Å². The number of ether oxygens (including phenoxy) is 12. The van der Waals surface area contributed by atoms with Crippen molar-refractivity contribution in [2.45, 2.75) is 301 Å². The number of benzene rings is 2. The first kappa shape index (κ1) is 124. The van der Waals surface area contributed by atoms with Crippen molar-refractivity contribution < 1.29 is 85.6 Å². The third-order valence-corrected chi connectivity index (χ3v) is 23.2. The van der Waals surface area contributed by atoms with E-state index in [1.807, 2.05) is 138 Å². The molecule has 1 aromatic heterocycles. The highest BCUT2D eigenvalue weighted by Crippen LogP contribution is 2.58. The molecule has 3 heterocycles. The zero-order chi connectivity index (χ0) is 98.2. The van der Waals surface area contributed by atoms with E-state index in [2.05, 4.69) is 147 Å². The number of rotatable bonds is 59. The van der Waals surface area contributed by atoms with E-state index in [1.165, 1.54) is 18.4 Å². The second-order valence-corrected chi connectivity index (χ2v) is 40.4. The highest BCUT2D eigenvalue weighted by atomic mass is 16.5. The van der Waals surface area contributed by atoms with Crippen LogP contribution in [0.5, 0.6) is 5.75 Å². The lowest BCUT2D eigenvalue weighted by Gasteiger charge is -2.57. The van der Waals surface area contributed by atoms with Crippen LogP contribution in [0.4, 0.5) is 5.82 Å². The number of pyridine rings is 1. The van der Waals surface area contributed by atoms with E-state index in [-0.39, 0.29) is 109 Å². The van der Waals surface area contributed by atoms with Gasteiger partial charge in [0.1, 0.15) is 51.2 Å². The molecule has 0 amide bonds. The average Bonchev–Trinajstić information content (AvgIpc) is 0.743. The van der Waals surface area contributed by atoms with Crippen LogP contribution >= 0.6 is 0 Å². The number of unbranched alkanes of at least 4 members (excludes halogenated alkanes) is 1. The van der Waals surface area contributed by atoms with Gasteiger partial charge in [-0.15, -0.1) is 0 Å². The van der Waals surface area contributed by atoms with Gasteiger partial charge in [-0.1, -0.05) is 195 Å². The first-order valence-electron chi connectivity index (χ1n) is 50.4. The molecule has 7 rings (SSSR count). The monoisotopic (exact) mass is 1850 g/mol. The Hall–Kier alpha value is -5.35. The lowest BCUT2D eigenvalue weighted by Crippen LogP contribution is -2.54. The zero-order valence-electron chi connectivity index (χ0n) is 87.9. The number of piperazine rings is 2. The van der Waals surface area contributed by atoms with Crippen molar-refractivity contribution in [2.24, 2.45) is 70.5 Å². The standard InChI is InChI=1S/C20H31N3O3.C19H22O3.C15H26O3.C14H28N2O2.C14H28O3.C14H30O2.C12H26O2/c1-15(2)18(24)14-26-12-11-22-7-9-23(10-8-22)19-6-5-17(13-21-19)20(25)16(3)4;1-15(2)19(20)14-21-12-13-22-18-10-8-17(9-11-18)16-6-4-3-5-7-16;1-10(2)14(16)9-17-12-5-15(6-12)7-13(8-15)18-11(3)4;1-12(2)14(17)11-18-10-9-15-5-7-16(8-6-15)13(3)4;1-12(2)7-10-16-8-5-6-9-17-11-14(15)13(3)4;1-11(2)7-9-15-13(5)14(6)16-10-8-12(3)4;1-11(2)5-7-13-9-10-14-8-6-12(3)4/h5-6,13,15-16H,7-12,14H2,1-4H3;3-11,15H,12-14H2,1-2H3;10-13H,5-9H2,1-4H3;12-13H,5-11H2,1-4H3;12-13H,5-11H2,1-4H3;11-14H,7-10H2,1-6H3;11-12H,5-10H2,1-4H3/t;;;;;13-,14-;/m.....1./s1. The lowest BCUT2D eigenvalue weighted by molar-refractivity contribution is -0.185. The highest BCUT2D eigenvalue weighted by Gasteiger charge is 2.54. The van der Waals surface area contributed by atoms with E-state index in [9.17, 15) is 28.8 Å².